The largest absolute Gasteiger partial charge is 0.497 e. The molecule has 0 N–H and O–H groups in total. The highest BCUT2D eigenvalue weighted by Gasteiger charge is 2.24. The molecule has 0 heterocycles. The van der Waals surface area contributed by atoms with E-state index in [0.29, 0.717) is 6.61 Å². The SMILES string of the molecule is C=C(C)C[C@H](OCc1ccc(OC)cc1)[C@@H](C)C[C@H](C)C(=O)OC. The molecule has 134 valence electrons. The molecule has 3 atom stereocenters. The number of benzene rings is 1. The minimum absolute atomic E-state index is 0.0247. The molecule has 0 aliphatic carbocycles. The molecule has 0 aromatic heterocycles. The Bertz CT molecular complexity index is 521. The monoisotopic (exact) mass is 334 g/mol. The second-order valence-electron chi connectivity index (χ2n) is 6.50. The Morgan fingerprint density at radius 3 is 2.29 bits per heavy atom. The molecule has 0 radical (unpaired) electrons. The van der Waals surface area contributed by atoms with Crippen LogP contribution < -0.4 is 4.74 Å². The Balaban J connectivity index is 2.66. The minimum atomic E-state index is -0.175. The number of carbonyl (C=O) groups excluding carboxylic acids is 1. The smallest absolute Gasteiger partial charge is 0.308 e. The fourth-order valence-electron chi connectivity index (χ4n) is 2.70. The normalized spacial score (nSPS) is 14.5. The van der Waals surface area contributed by atoms with Crippen molar-refractivity contribution in [3.8, 4) is 5.75 Å². The van der Waals surface area contributed by atoms with Gasteiger partial charge in [0.05, 0.1) is 32.8 Å². The molecule has 0 amide bonds. The van der Waals surface area contributed by atoms with Gasteiger partial charge in [-0.1, -0.05) is 31.6 Å². The van der Waals surface area contributed by atoms with E-state index in [9.17, 15) is 4.79 Å². The molecule has 4 nitrogen and oxygen atoms in total. The van der Waals surface area contributed by atoms with Crippen LogP contribution >= 0.6 is 0 Å². The molecule has 4 heteroatoms. The van der Waals surface area contributed by atoms with E-state index >= 15 is 0 Å². The quantitative estimate of drug-likeness (QED) is 0.470. The summed E-state index contributed by atoms with van der Waals surface area (Å²) in [7, 11) is 3.08. The van der Waals surface area contributed by atoms with E-state index < -0.39 is 0 Å². The average Bonchev–Trinajstić information content (AvgIpc) is 2.57. The van der Waals surface area contributed by atoms with Crippen molar-refractivity contribution in [3.63, 3.8) is 0 Å². The van der Waals surface area contributed by atoms with Crippen LogP contribution in [0.2, 0.25) is 0 Å². The van der Waals surface area contributed by atoms with E-state index in [2.05, 4.69) is 13.5 Å². The molecule has 24 heavy (non-hydrogen) atoms. The number of methoxy groups -OCH3 is 2. The lowest BCUT2D eigenvalue weighted by molar-refractivity contribution is -0.145. The molecule has 0 bridgehead atoms. The number of rotatable bonds is 10. The number of carbonyl (C=O) groups is 1. The van der Waals surface area contributed by atoms with Gasteiger partial charge < -0.3 is 14.2 Å². The number of hydrogen-bond acceptors (Lipinski definition) is 4. The average molecular weight is 334 g/mol. The summed E-state index contributed by atoms with van der Waals surface area (Å²) in [5, 5.41) is 0. The first-order valence-electron chi connectivity index (χ1n) is 8.34. The topological polar surface area (TPSA) is 44.8 Å². The predicted molar refractivity (Wildman–Crippen MR) is 96.0 cm³/mol. The van der Waals surface area contributed by atoms with Crippen molar-refractivity contribution in [2.24, 2.45) is 11.8 Å². The van der Waals surface area contributed by atoms with Crippen LogP contribution in [0.25, 0.3) is 0 Å². The van der Waals surface area contributed by atoms with Gasteiger partial charge in [-0.2, -0.15) is 0 Å². The van der Waals surface area contributed by atoms with Crippen LogP contribution in [0.5, 0.6) is 5.75 Å². The maximum atomic E-state index is 11.6. The summed E-state index contributed by atoms with van der Waals surface area (Å²) in [6.45, 7) is 10.5. The Morgan fingerprint density at radius 2 is 1.79 bits per heavy atom. The Hall–Kier alpha value is -1.81. The molecule has 0 aliphatic rings. The van der Waals surface area contributed by atoms with Gasteiger partial charge in [-0.15, -0.1) is 6.58 Å². The fraction of sp³-hybridized carbons (Fsp3) is 0.550. The van der Waals surface area contributed by atoms with Crippen LogP contribution in [0.1, 0.15) is 39.2 Å². The highest BCUT2D eigenvalue weighted by molar-refractivity contribution is 5.71. The van der Waals surface area contributed by atoms with Crippen LogP contribution in [0.4, 0.5) is 0 Å². The van der Waals surface area contributed by atoms with Gasteiger partial charge >= 0.3 is 5.97 Å². The van der Waals surface area contributed by atoms with E-state index in [1.54, 1.807) is 7.11 Å². The Kier molecular flexibility index (Phi) is 8.55. The van der Waals surface area contributed by atoms with Gasteiger partial charge in [-0.3, -0.25) is 4.79 Å². The van der Waals surface area contributed by atoms with Crippen LogP contribution in [0.15, 0.2) is 36.4 Å². The second kappa shape index (κ2) is 10.1. The lowest BCUT2D eigenvalue weighted by Gasteiger charge is -2.26. The van der Waals surface area contributed by atoms with Crippen molar-refractivity contribution in [1.82, 2.24) is 0 Å². The highest BCUT2D eigenvalue weighted by Crippen LogP contribution is 2.24. The van der Waals surface area contributed by atoms with Crippen LogP contribution in [0.3, 0.4) is 0 Å². The number of hydrogen-bond donors (Lipinski definition) is 0. The third-order valence-corrected chi connectivity index (χ3v) is 4.14. The number of esters is 1. The van der Waals surface area contributed by atoms with Gasteiger partial charge in [0.1, 0.15) is 5.75 Å². The molecule has 1 rings (SSSR count). The van der Waals surface area contributed by atoms with Crippen molar-refractivity contribution in [3.05, 3.63) is 42.0 Å². The van der Waals surface area contributed by atoms with Crippen LogP contribution in [-0.4, -0.2) is 26.3 Å². The lowest BCUT2D eigenvalue weighted by atomic mass is 9.90. The van der Waals surface area contributed by atoms with Gasteiger partial charge in [0.25, 0.3) is 0 Å². The van der Waals surface area contributed by atoms with E-state index in [1.165, 1.54) is 7.11 Å². The molecular weight excluding hydrogens is 304 g/mol. The summed E-state index contributed by atoms with van der Waals surface area (Å²) < 4.78 is 16.1. The third-order valence-electron chi connectivity index (χ3n) is 4.14. The molecule has 0 saturated carbocycles. The third kappa shape index (κ3) is 6.75. The van der Waals surface area contributed by atoms with Crippen molar-refractivity contribution in [1.29, 1.82) is 0 Å². The predicted octanol–water partition coefficient (Wildman–Crippen LogP) is 4.38. The summed E-state index contributed by atoms with van der Waals surface area (Å²) in [5.41, 5.74) is 2.17. The highest BCUT2D eigenvalue weighted by atomic mass is 16.5. The first-order chi connectivity index (χ1) is 11.4. The van der Waals surface area contributed by atoms with Gasteiger partial charge in [-0.05, 0) is 43.4 Å². The first kappa shape index (κ1) is 20.2. The molecular formula is C20H30O4. The maximum Gasteiger partial charge on any atom is 0.308 e. The summed E-state index contributed by atoms with van der Waals surface area (Å²) in [4.78, 5) is 11.6. The molecule has 0 spiro atoms. The Morgan fingerprint density at radius 1 is 1.17 bits per heavy atom. The molecule has 1 aromatic rings. The zero-order valence-corrected chi connectivity index (χ0v) is 15.5. The lowest BCUT2D eigenvalue weighted by Crippen LogP contribution is -2.26. The van der Waals surface area contributed by atoms with Gasteiger partial charge in [0.2, 0.25) is 0 Å². The van der Waals surface area contributed by atoms with E-state index in [1.807, 2.05) is 38.1 Å². The maximum absolute atomic E-state index is 11.6. The zero-order valence-electron chi connectivity index (χ0n) is 15.5. The minimum Gasteiger partial charge on any atom is -0.497 e. The molecule has 0 saturated heterocycles. The van der Waals surface area contributed by atoms with E-state index in [4.69, 9.17) is 14.2 Å². The van der Waals surface area contributed by atoms with Gasteiger partial charge in [0, 0.05) is 0 Å². The first-order valence-corrected chi connectivity index (χ1v) is 8.34. The van der Waals surface area contributed by atoms with E-state index in [0.717, 1.165) is 29.7 Å². The Labute approximate surface area is 145 Å². The number of ether oxygens (including phenoxy) is 3. The van der Waals surface area contributed by atoms with E-state index in [-0.39, 0.29) is 23.9 Å². The van der Waals surface area contributed by atoms with Crippen LogP contribution in [-0.2, 0) is 20.9 Å². The van der Waals surface area contributed by atoms with Gasteiger partial charge in [0.15, 0.2) is 0 Å². The summed E-state index contributed by atoms with van der Waals surface area (Å²) in [6.07, 6.45) is 1.54. The summed E-state index contributed by atoms with van der Waals surface area (Å²) in [6, 6.07) is 7.85. The molecule has 0 fully saturated rings. The van der Waals surface area contributed by atoms with Crippen molar-refractivity contribution < 1.29 is 19.0 Å². The molecule has 0 unspecified atom stereocenters. The van der Waals surface area contributed by atoms with Crippen molar-refractivity contribution in [2.45, 2.75) is 46.3 Å². The fourth-order valence-corrected chi connectivity index (χ4v) is 2.70. The van der Waals surface area contributed by atoms with Crippen LogP contribution in [0, 0.1) is 11.8 Å². The summed E-state index contributed by atoms with van der Waals surface area (Å²) in [5.74, 6) is 0.750. The van der Waals surface area contributed by atoms with Gasteiger partial charge in [-0.25, -0.2) is 0 Å². The summed E-state index contributed by atoms with van der Waals surface area (Å²) >= 11 is 0. The standard InChI is InChI=1S/C20H30O4/c1-14(2)11-19(15(3)12-16(4)20(21)23-6)24-13-17-7-9-18(22-5)10-8-17/h7-10,15-16,19H,1,11-13H2,2-6H3/t15-,16-,19-/m0/s1. The zero-order chi connectivity index (χ0) is 18.1. The second-order valence-corrected chi connectivity index (χ2v) is 6.50. The van der Waals surface area contributed by atoms with Crippen molar-refractivity contribution in [2.75, 3.05) is 14.2 Å². The molecule has 1 aromatic carbocycles. The van der Waals surface area contributed by atoms with Crippen molar-refractivity contribution >= 4 is 5.97 Å². The molecule has 0 aliphatic heterocycles.